The van der Waals surface area contributed by atoms with Crippen molar-refractivity contribution in [1.82, 2.24) is 5.32 Å². The molecule has 0 aliphatic carbocycles. The predicted octanol–water partition coefficient (Wildman–Crippen LogP) is 1.57. The van der Waals surface area contributed by atoms with E-state index in [-0.39, 0.29) is 30.2 Å². The molecule has 1 aromatic carbocycles. The highest BCUT2D eigenvalue weighted by Gasteiger charge is 2.36. The zero-order chi connectivity index (χ0) is 14.7. The Morgan fingerprint density at radius 2 is 2.10 bits per heavy atom. The fourth-order valence-corrected chi connectivity index (χ4v) is 2.37. The third-order valence-electron chi connectivity index (χ3n) is 3.30. The Bertz CT molecular complexity index is 514. The number of ether oxygens (including phenoxy) is 1. The highest BCUT2D eigenvalue weighted by Crippen LogP contribution is 2.32. The average molecular weight is 276 g/mol. The molecule has 0 spiro atoms. The molecule has 1 aliphatic rings. The largest absolute Gasteiger partial charge is 0.495 e. The fourth-order valence-electron chi connectivity index (χ4n) is 2.37. The number of para-hydroxylation sites is 2. The SMILES string of the molecule is COc1ccccc1N1C[C@@H](C(=O)NC(C)C)CC1=O. The van der Waals surface area contributed by atoms with Gasteiger partial charge in [0.2, 0.25) is 11.8 Å². The van der Waals surface area contributed by atoms with Gasteiger partial charge in [-0.1, -0.05) is 12.1 Å². The van der Waals surface area contributed by atoms with Crippen LogP contribution in [0.1, 0.15) is 20.3 Å². The first-order valence-corrected chi connectivity index (χ1v) is 6.76. The summed E-state index contributed by atoms with van der Waals surface area (Å²) < 4.78 is 5.27. The molecule has 0 aromatic heterocycles. The first kappa shape index (κ1) is 14.4. The molecule has 1 fully saturated rings. The van der Waals surface area contributed by atoms with Crippen LogP contribution in [0, 0.1) is 5.92 Å². The number of nitrogens with one attached hydrogen (secondary N) is 1. The minimum atomic E-state index is -0.296. The van der Waals surface area contributed by atoms with Gasteiger partial charge in [-0.05, 0) is 26.0 Å². The minimum Gasteiger partial charge on any atom is -0.495 e. The number of anilines is 1. The van der Waals surface area contributed by atoms with E-state index in [0.29, 0.717) is 12.3 Å². The summed E-state index contributed by atoms with van der Waals surface area (Å²) in [7, 11) is 1.57. The summed E-state index contributed by atoms with van der Waals surface area (Å²) in [4.78, 5) is 25.8. The standard InChI is InChI=1S/C15H20N2O3/c1-10(2)16-15(19)11-8-14(18)17(9-11)12-6-4-5-7-13(12)20-3/h4-7,10-11H,8-9H2,1-3H3,(H,16,19)/t11-/m0/s1. The monoisotopic (exact) mass is 276 g/mol. The molecule has 1 saturated heterocycles. The van der Waals surface area contributed by atoms with E-state index >= 15 is 0 Å². The molecule has 108 valence electrons. The maximum absolute atomic E-state index is 12.1. The van der Waals surface area contributed by atoms with Crippen molar-refractivity contribution in [2.45, 2.75) is 26.3 Å². The van der Waals surface area contributed by atoms with Crippen LogP contribution < -0.4 is 15.0 Å². The number of rotatable bonds is 4. The lowest BCUT2D eigenvalue weighted by molar-refractivity contribution is -0.126. The fraction of sp³-hybridized carbons (Fsp3) is 0.467. The van der Waals surface area contributed by atoms with Crippen molar-refractivity contribution in [3.63, 3.8) is 0 Å². The highest BCUT2D eigenvalue weighted by atomic mass is 16.5. The molecule has 0 unspecified atom stereocenters. The Morgan fingerprint density at radius 1 is 1.40 bits per heavy atom. The normalized spacial score (nSPS) is 18.5. The number of carbonyl (C=O) groups excluding carboxylic acids is 2. The number of methoxy groups -OCH3 is 1. The van der Waals surface area contributed by atoms with Crippen molar-refractivity contribution in [3.8, 4) is 5.75 Å². The first-order valence-electron chi connectivity index (χ1n) is 6.76. The van der Waals surface area contributed by atoms with E-state index in [9.17, 15) is 9.59 Å². The van der Waals surface area contributed by atoms with E-state index in [4.69, 9.17) is 4.74 Å². The van der Waals surface area contributed by atoms with Gasteiger partial charge >= 0.3 is 0 Å². The van der Waals surface area contributed by atoms with E-state index in [2.05, 4.69) is 5.32 Å². The molecule has 0 saturated carbocycles. The van der Waals surface area contributed by atoms with Crippen LogP contribution in [0.25, 0.3) is 0 Å². The lowest BCUT2D eigenvalue weighted by atomic mass is 10.1. The smallest absolute Gasteiger partial charge is 0.227 e. The van der Waals surface area contributed by atoms with Crippen LogP contribution in [0.15, 0.2) is 24.3 Å². The lowest BCUT2D eigenvalue weighted by Gasteiger charge is -2.19. The van der Waals surface area contributed by atoms with E-state index in [1.807, 2.05) is 38.1 Å². The van der Waals surface area contributed by atoms with Gasteiger partial charge in [0.1, 0.15) is 5.75 Å². The summed E-state index contributed by atoms with van der Waals surface area (Å²) >= 11 is 0. The second kappa shape index (κ2) is 5.94. The van der Waals surface area contributed by atoms with Gasteiger partial charge in [-0.3, -0.25) is 9.59 Å². The van der Waals surface area contributed by atoms with Crippen molar-refractivity contribution in [1.29, 1.82) is 0 Å². The topological polar surface area (TPSA) is 58.6 Å². The molecule has 1 aliphatic heterocycles. The van der Waals surface area contributed by atoms with Gasteiger partial charge in [0.15, 0.2) is 0 Å². The predicted molar refractivity (Wildman–Crippen MR) is 76.7 cm³/mol. The number of hydrogen-bond acceptors (Lipinski definition) is 3. The van der Waals surface area contributed by atoms with Crippen molar-refractivity contribution in [2.24, 2.45) is 5.92 Å². The summed E-state index contributed by atoms with van der Waals surface area (Å²) in [5.41, 5.74) is 0.722. The number of carbonyl (C=O) groups is 2. The van der Waals surface area contributed by atoms with Gasteiger partial charge in [0, 0.05) is 19.0 Å². The van der Waals surface area contributed by atoms with Crippen LogP contribution in [-0.4, -0.2) is 31.5 Å². The lowest BCUT2D eigenvalue weighted by Crippen LogP contribution is -2.37. The second-order valence-electron chi connectivity index (χ2n) is 5.24. The number of amides is 2. The van der Waals surface area contributed by atoms with E-state index in [1.165, 1.54) is 0 Å². The molecule has 1 heterocycles. The Labute approximate surface area is 118 Å². The molecule has 1 N–H and O–H groups in total. The zero-order valence-corrected chi connectivity index (χ0v) is 12.1. The Kier molecular flexibility index (Phi) is 4.27. The molecule has 5 heteroatoms. The van der Waals surface area contributed by atoms with Crippen molar-refractivity contribution in [2.75, 3.05) is 18.6 Å². The van der Waals surface area contributed by atoms with Crippen LogP contribution >= 0.6 is 0 Å². The number of nitrogens with zero attached hydrogens (tertiary/aromatic N) is 1. The molecule has 2 rings (SSSR count). The van der Waals surface area contributed by atoms with Gasteiger partial charge in [-0.2, -0.15) is 0 Å². The third kappa shape index (κ3) is 2.92. The maximum Gasteiger partial charge on any atom is 0.227 e. The summed E-state index contributed by atoms with van der Waals surface area (Å²) in [6.07, 6.45) is 0.247. The summed E-state index contributed by atoms with van der Waals surface area (Å²) in [5, 5.41) is 2.86. The second-order valence-corrected chi connectivity index (χ2v) is 5.24. The summed E-state index contributed by atoms with van der Waals surface area (Å²) in [5.74, 6) is 0.240. The van der Waals surface area contributed by atoms with Crippen molar-refractivity contribution >= 4 is 17.5 Å². The maximum atomic E-state index is 12.1. The molecule has 0 bridgehead atoms. The molecule has 5 nitrogen and oxygen atoms in total. The van der Waals surface area contributed by atoms with Crippen LogP contribution in [0.3, 0.4) is 0 Å². The van der Waals surface area contributed by atoms with Crippen molar-refractivity contribution < 1.29 is 14.3 Å². The first-order chi connectivity index (χ1) is 9.52. The van der Waals surface area contributed by atoms with Crippen LogP contribution in [0.4, 0.5) is 5.69 Å². The van der Waals surface area contributed by atoms with Gasteiger partial charge < -0.3 is 15.0 Å². The molecule has 20 heavy (non-hydrogen) atoms. The van der Waals surface area contributed by atoms with Crippen molar-refractivity contribution in [3.05, 3.63) is 24.3 Å². The third-order valence-corrected chi connectivity index (χ3v) is 3.30. The molecular weight excluding hydrogens is 256 g/mol. The van der Waals surface area contributed by atoms with E-state index in [1.54, 1.807) is 12.0 Å². The zero-order valence-electron chi connectivity index (χ0n) is 12.1. The van der Waals surface area contributed by atoms with E-state index in [0.717, 1.165) is 5.69 Å². The average Bonchev–Trinajstić information content (AvgIpc) is 2.80. The quantitative estimate of drug-likeness (QED) is 0.908. The molecule has 1 aromatic rings. The Hall–Kier alpha value is -2.04. The molecule has 1 atom stereocenters. The molecule has 2 amide bonds. The van der Waals surface area contributed by atoms with Gasteiger partial charge in [0.05, 0.1) is 18.7 Å². The molecule has 0 radical (unpaired) electrons. The number of benzene rings is 1. The summed E-state index contributed by atoms with van der Waals surface area (Å²) in [6.45, 7) is 4.22. The van der Waals surface area contributed by atoms with E-state index < -0.39 is 0 Å². The summed E-state index contributed by atoms with van der Waals surface area (Å²) in [6, 6.07) is 7.43. The Balaban J connectivity index is 2.15. The number of hydrogen-bond donors (Lipinski definition) is 1. The van der Waals surface area contributed by atoms with Gasteiger partial charge in [-0.25, -0.2) is 0 Å². The molecular formula is C15H20N2O3. The highest BCUT2D eigenvalue weighted by molar-refractivity contribution is 6.01. The van der Waals surface area contributed by atoms with Crippen LogP contribution in [-0.2, 0) is 9.59 Å². The minimum absolute atomic E-state index is 0.0431. The Morgan fingerprint density at radius 3 is 2.75 bits per heavy atom. The van der Waals surface area contributed by atoms with Gasteiger partial charge in [-0.15, -0.1) is 0 Å². The van der Waals surface area contributed by atoms with Gasteiger partial charge in [0.25, 0.3) is 0 Å². The van der Waals surface area contributed by atoms with Crippen LogP contribution in [0.2, 0.25) is 0 Å². The van der Waals surface area contributed by atoms with Crippen LogP contribution in [0.5, 0.6) is 5.75 Å².